The Hall–Kier alpha value is -1.20. The van der Waals surface area contributed by atoms with E-state index in [9.17, 15) is 18.0 Å². The molecule has 9 heteroatoms. The van der Waals surface area contributed by atoms with Gasteiger partial charge in [0, 0.05) is 12.1 Å². The molecule has 1 aromatic carbocycles. The molecule has 0 atom stereocenters. The Morgan fingerprint density at radius 3 is 2.56 bits per heavy atom. The van der Waals surface area contributed by atoms with Gasteiger partial charge in [-0.3, -0.25) is 14.1 Å². The van der Waals surface area contributed by atoms with Crippen LogP contribution in [0.25, 0.3) is 0 Å². The van der Waals surface area contributed by atoms with Gasteiger partial charge in [0.15, 0.2) is 0 Å². The molecular weight excluding hydrogens is 461 g/mol. The Bertz CT molecular complexity index is 743. The van der Waals surface area contributed by atoms with Gasteiger partial charge in [-0.05, 0) is 53.6 Å². The summed E-state index contributed by atoms with van der Waals surface area (Å²) in [6, 6.07) is 4.68. The first-order valence-electron chi connectivity index (χ1n) is 8.01. The number of halogens is 1. The molecule has 0 aromatic heterocycles. The van der Waals surface area contributed by atoms with Crippen LogP contribution in [0.3, 0.4) is 0 Å². The largest absolute Gasteiger partial charge is 0.425 e. The second-order valence-corrected chi connectivity index (χ2v) is 8.68. The molecule has 0 unspecified atom stereocenters. The predicted molar refractivity (Wildman–Crippen MR) is 100 cm³/mol. The number of esters is 1. The lowest BCUT2D eigenvalue weighted by atomic mass is 9.89. The smallest absolute Gasteiger partial charge is 0.314 e. The third kappa shape index (κ3) is 6.55. The fourth-order valence-electron chi connectivity index (χ4n) is 2.65. The van der Waals surface area contributed by atoms with E-state index in [2.05, 4.69) is 5.32 Å². The molecule has 1 saturated carbocycles. The average Bonchev–Trinajstić information content (AvgIpc) is 2.56. The van der Waals surface area contributed by atoms with Crippen LogP contribution in [-0.4, -0.2) is 37.1 Å². The number of nitrogens with one attached hydrogen (secondary N) is 1. The highest BCUT2D eigenvalue weighted by Crippen LogP contribution is 2.28. The van der Waals surface area contributed by atoms with Gasteiger partial charge < -0.3 is 10.1 Å². The van der Waals surface area contributed by atoms with Gasteiger partial charge in [-0.15, -0.1) is 0 Å². The maximum Gasteiger partial charge on any atom is 0.314 e. The number of hydrogen-bond donors (Lipinski definition) is 2. The lowest BCUT2D eigenvalue weighted by molar-refractivity contribution is -0.140. The Labute approximate surface area is 160 Å². The normalized spacial score (nSPS) is 15.6. The van der Waals surface area contributed by atoms with Gasteiger partial charge in [0.05, 0.1) is 15.2 Å². The lowest BCUT2D eigenvalue weighted by Gasteiger charge is -2.20. The number of ether oxygens (including phenoxy) is 1. The number of carbonyl (C=O) groups excluding carboxylic acids is 2. The first-order valence-corrected chi connectivity index (χ1v) is 10.7. The summed E-state index contributed by atoms with van der Waals surface area (Å²) in [4.78, 5) is 24.3. The summed E-state index contributed by atoms with van der Waals surface area (Å²) < 4.78 is 36.2. The van der Waals surface area contributed by atoms with Gasteiger partial charge in [0.1, 0.15) is 5.75 Å². The van der Waals surface area contributed by atoms with Crippen LogP contribution in [0.2, 0.25) is 0 Å². The van der Waals surface area contributed by atoms with Crippen molar-refractivity contribution in [1.82, 2.24) is 5.32 Å². The number of carbonyl (C=O) groups is 2. The number of hydrogen-bond acceptors (Lipinski definition) is 5. The first-order chi connectivity index (χ1) is 11.8. The van der Waals surface area contributed by atoms with E-state index in [1.54, 1.807) is 12.1 Å². The highest BCUT2D eigenvalue weighted by Gasteiger charge is 2.24. The molecule has 0 spiro atoms. The van der Waals surface area contributed by atoms with Crippen LogP contribution < -0.4 is 10.1 Å². The van der Waals surface area contributed by atoms with Crippen LogP contribution in [0.5, 0.6) is 5.75 Å². The molecule has 0 heterocycles. The summed E-state index contributed by atoms with van der Waals surface area (Å²) >= 11 is 2.02. The summed E-state index contributed by atoms with van der Waals surface area (Å²) in [5.41, 5.74) is 0.252. The van der Waals surface area contributed by atoms with Gasteiger partial charge in [0.25, 0.3) is 16.0 Å². The van der Waals surface area contributed by atoms with E-state index in [0.29, 0.717) is 9.32 Å². The second kappa shape index (κ2) is 8.95. The summed E-state index contributed by atoms with van der Waals surface area (Å²) in [6.45, 7) is -0.207. The molecule has 25 heavy (non-hydrogen) atoms. The number of rotatable bonds is 6. The van der Waals surface area contributed by atoms with Gasteiger partial charge in [-0.25, -0.2) is 0 Å². The highest BCUT2D eigenvalue weighted by molar-refractivity contribution is 14.1. The van der Waals surface area contributed by atoms with E-state index < -0.39 is 21.8 Å². The number of benzene rings is 1. The molecule has 0 aliphatic heterocycles. The van der Waals surface area contributed by atoms with E-state index in [-0.39, 0.29) is 24.0 Å². The second-order valence-electron chi connectivity index (χ2n) is 5.94. The molecule has 0 radical (unpaired) electrons. The number of amides is 1. The van der Waals surface area contributed by atoms with Crippen LogP contribution in [0, 0.1) is 9.49 Å². The minimum absolute atomic E-state index is 0.100. The van der Waals surface area contributed by atoms with Crippen LogP contribution >= 0.6 is 22.6 Å². The van der Waals surface area contributed by atoms with Crippen LogP contribution in [0.1, 0.15) is 42.5 Å². The molecule has 1 amide bonds. The van der Waals surface area contributed by atoms with E-state index in [1.165, 1.54) is 6.07 Å². The molecule has 7 nitrogen and oxygen atoms in total. The molecule has 1 fully saturated rings. The molecule has 0 bridgehead atoms. The Kier molecular flexibility index (Phi) is 7.20. The summed E-state index contributed by atoms with van der Waals surface area (Å²) in [5.74, 6) is -1.13. The van der Waals surface area contributed by atoms with Gasteiger partial charge >= 0.3 is 5.97 Å². The minimum atomic E-state index is -4.13. The van der Waals surface area contributed by atoms with Crippen molar-refractivity contribution < 1.29 is 27.3 Å². The standard InChI is InChI=1S/C16H20INO6S/c17-13-7-6-12(15(19)18-8-9-25(21,22)23)10-14(13)24-16(20)11-4-2-1-3-5-11/h6-7,10-11H,1-5,8-9H2,(H,18,19)(H,21,22,23). The van der Waals surface area contributed by atoms with Crippen molar-refractivity contribution in [3.63, 3.8) is 0 Å². The topological polar surface area (TPSA) is 110 Å². The van der Waals surface area contributed by atoms with Crippen molar-refractivity contribution in [3.05, 3.63) is 27.3 Å². The van der Waals surface area contributed by atoms with Crippen molar-refractivity contribution in [3.8, 4) is 5.75 Å². The van der Waals surface area contributed by atoms with E-state index >= 15 is 0 Å². The van der Waals surface area contributed by atoms with E-state index in [0.717, 1.165) is 32.1 Å². The molecule has 1 aliphatic carbocycles. The third-order valence-electron chi connectivity index (χ3n) is 3.99. The molecule has 138 valence electrons. The fraction of sp³-hybridized carbons (Fsp3) is 0.500. The fourth-order valence-corrected chi connectivity index (χ4v) is 3.45. The summed E-state index contributed by atoms with van der Waals surface area (Å²) in [5, 5.41) is 2.40. The minimum Gasteiger partial charge on any atom is -0.425 e. The van der Waals surface area contributed by atoms with Crippen LogP contribution in [-0.2, 0) is 14.9 Å². The highest BCUT2D eigenvalue weighted by atomic mass is 127. The first kappa shape index (κ1) is 20.1. The van der Waals surface area contributed by atoms with Gasteiger partial charge in [-0.2, -0.15) is 8.42 Å². The molecule has 1 aliphatic rings. The SMILES string of the molecule is O=C(NCCS(=O)(=O)O)c1ccc(I)c(OC(=O)C2CCCCC2)c1. The predicted octanol–water partition coefficient (Wildman–Crippen LogP) is 2.39. The molecule has 2 rings (SSSR count). The maximum atomic E-state index is 12.3. The zero-order chi connectivity index (χ0) is 18.4. The van der Waals surface area contributed by atoms with Crippen LogP contribution in [0.4, 0.5) is 0 Å². The Morgan fingerprint density at radius 2 is 1.92 bits per heavy atom. The van der Waals surface area contributed by atoms with Crippen molar-refractivity contribution in [2.75, 3.05) is 12.3 Å². The van der Waals surface area contributed by atoms with Gasteiger partial charge in [-0.1, -0.05) is 19.3 Å². The molecule has 2 N–H and O–H groups in total. The average molecular weight is 481 g/mol. The zero-order valence-electron chi connectivity index (χ0n) is 13.5. The van der Waals surface area contributed by atoms with E-state index in [4.69, 9.17) is 9.29 Å². The van der Waals surface area contributed by atoms with Gasteiger partial charge in [0.2, 0.25) is 0 Å². The van der Waals surface area contributed by atoms with Crippen molar-refractivity contribution >= 4 is 44.6 Å². The molecule has 0 saturated heterocycles. The molecule has 1 aromatic rings. The third-order valence-corrected chi connectivity index (χ3v) is 5.60. The Morgan fingerprint density at radius 1 is 1.24 bits per heavy atom. The Balaban J connectivity index is 2.01. The quantitative estimate of drug-likeness (QED) is 0.280. The summed E-state index contributed by atoms with van der Waals surface area (Å²) in [6.07, 6.45) is 4.83. The van der Waals surface area contributed by atoms with Crippen molar-refractivity contribution in [1.29, 1.82) is 0 Å². The summed E-state index contributed by atoms with van der Waals surface area (Å²) in [7, 11) is -4.13. The van der Waals surface area contributed by atoms with Crippen molar-refractivity contribution in [2.45, 2.75) is 32.1 Å². The van der Waals surface area contributed by atoms with E-state index in [1.807, 2.05) is 22.6 Å². The maximum absolute atomic E-state index is 12.3. The van der Waals surface area contributed by atoms with Crippen molar-refractivity contribution in [2.24, 2.45) is 5.92 Å². The lowest BCUT2D eigenvalue weighted by Crippen LogP contribution is -2.29. The zero-order valence-corrected chi connectivity index (χ0v) is 16.5. The monoisotopic (exact) mass is 481 g/mol. The van der Waals surface area contributed by atoms with Crippen LogP contribution in [0.15, 0.2) is 18.2 Å². The molecular formula is C16H20INO6S.